The Hall–Kier alpha value is -1.32. The molecule has 1 amide bonds. The van der Waals surface area contributed by atoms with E-state index in [1.54, 1.807) is 0 Å². The van der Waals surface area contributed by atoms with Gasteiger partial charge < -0.3 is 5.32 Å². The molecular weight excluding hydrogens is 166 g/mol. The molecule has 0 unspecified atom stereocenters. The third-order valence-electron chi connectivity index (χ3n) is 2.44. The largest absolute Gasteiger partial charge is 0.354 e. The second kappa shape index (κ2) is 3.60. The summed E-state index contributed by atoms with van der Waals surface area (Å²) in [6, 6.07) is 0. The van der Waals surface area contributed by atoms with Crippen molar-refractivity contribution in [2.24, 2.45) is 0 Å². The van der Waals surface area contributed by atoms with Gasteiger partial charge in [-0.2, -0.15) is 5.10 Å². The van der Waals surface area contributed by atoms with Gasteiger partial charge in [-0.1, -0.05) is 0 Å². The van der Waals surface area contributed by atoms with E-state index in [1.165, 1.54) is 18.5 Å². The van der Waals surface area contributed by atoms with Gasteiger partial charge in [-0.15, -0.1) is 0 Å². The number of fused-ring (bicyclic) bond motifs is 1. The van der Waals surface area contributed by atoms with E-state index >= 15 is 0 Å². The summed E-state index contributed by atoms with van der Waals surface area (Å²) in [5, 5.41) is 6.94. The molecule has 0 aromatic carbocycles. The number of carbonyl (C=O) groups is 1. The molecule has 1 N–H and O–H groups in total. The van der Waals surface area contributed by atoms with E-state index in [0.29, 0.717) is 6.54 Å². The summed E-state index contributed by atoms with van der Waals surface area (Å²) in [5.74, 6) is 0. The van der Waals surface area contributed by atoms with E-state index in [2.05, 4.69) is 10.4 Å². The number of amides is 1. The Balaban J connectivity index is 2.16. The lowest BCUT2D eigenvalue weighted by Crippen LogP contribution is -2.15. The minimum Gasteiger partial charge on any atom is -0.354 e. The predicted octanol–water partition coefficient (Wildman–Crippen LogP) is 0.465. The molecular formula is C9H13N3O. The van der Waals surface area contributed by atoms with Crippen LogP contribution in [0.2, 0.25) is 0 Å². The number of hydrogen-bond acceptors (Lipinski definition) is 2. The lowest BCUT2D eigenvalue weighted by molar-refractivity contribution is -0.109. The van der Waals surface area contributed by atoms with Crippen LogP contribution in [0.15, 0.2) is 6.20 Å². The molecule has 1 aliphatic heterocycles. The summed E-state index contributed by atoms with van der Waals surface area (Å²) in [4.78, 5) is 10.1. The molecule has 0 saturated heterocycles. The van der Waals surface area contributed by atoms with Crippen LogP contribution in [0.3, 0.4) is 0 Å². The smallest absolute Gasteiger partial charge is 0.207 e. The zero-order valence-corrected chi connectivity index (χ0v) is 7.49. The van der Waals surface area contributed by atoms with Crippen LogP contribution in [-0.2, 0) is 24.3 Å². The van der Waals surface area contributed by atoms with Crippen LogP contribution >= 0.6 is 0 Å². The van der Waals surface area contributed by atoms with Crippen LogP contribution in [0.25, 0.3) is 0 Å². The highest BCUT2D eigenvalue weighted by Crippen LogP contribution is 2.17. The van der Waals surface area contributed by atoms with Crippen molar-refractivity contribution >= 4 is 6.41 Å². The minimum atomic E-state index is 0.610. The van der Waals surface area contributed by atoms with Crippen molar-refractivity contribution in [3.8, 4) is 0 Å². The van der Waals surface area contributed by atoms with Crippen molar-refractivity contribution in [2.45, 2.75) is 32.4 Å². The van der Waals surface area contributed by atoms with Crippen LogP contribution in [0, 0.1) is 0 Å². The zero-order chi connectivity index (χ0) is 9.10. The molecule has 0 aliphatic carbocycles. The molecule has 1 aromatic heterocycles. The third kappa shape index (κ3) is 1.56. The van der Waals surface area contributed by atoms with Crippen LogP contribution in [0.5, 0.6) is 0 Å². The molecule has 0 atom stereocenters. The molecule has 0 spiro atoms. The normalized spacial score (nSPS) is 15.1. The molecule has 1 aromatic rings. The zero-order valence-electron chi connectivity index (χ0n) is 7.49. The van der Waals surface area contributed by atoms with Gasteiger partial charge in [0.05, 0.1) is 6.20 Å². The van der Waals surface area contributed by atoms with Crippen LogP contribution in [0.1, 0.15) is 24.1 Å². The fraction of sp³-hybridized carbons (Fsp3) is 0.556. The van der Waals surface area contributed by atoms with E-state index in [1.807, 2.05) is 10.9 Å². The highest BCUT2D eigenvalue weighted by atomic mass is 16.1. The highest BCUT2D eigenvalue weighted by molar-refractivity contribution is 5.46. The van der Waals surface area contributed by atoms with E-state index in [9.17, 15) is 4.79 Å². The van der Waals surface area contributed by atoms with Crippen molar-refractivity contribution in [1.29, 1.82) is 0 Å². The summed E-state index contributed by atoms with van der Waals surface area (Å²) in [6.07, 6.45) is 6.13. The molecule has 13 heavy (non-hydrogen) atoms. The summed E-state index contributed by atoms with van der Waals surface area (Å²) < 4.78 is 2.05. The molecule has 2 rings (SSSR count). The topological polar surface area (TPSA) is 46.9 Å². The number of rotatable bonds is 3. The molecule has 0 radical (unpaired) electrons. The van der Waals surface area contributed by atoms with Crippen molar-refractivity contribution in [3.63, 3.8) is 0 Å². The maximum absolute atomic E-state index is 10.1. The van der Waals surface area contributed by atoms with Crippen molar-refractivity contribution in [2.75, 3.05) is 0 Å². The quantitative estimate of drug-likeness (QED) is 0.685. The van der Waals surface area contributed by atoms with E-state index in [-0.39, 0.29) is 0 Å². The van der Waals surface area contributed by atoms with Gasteiger partial charge in [0, 0.05) is 24.3 Å². The average Bonchev–Trinajstić information content (AvgIpc) is 2.58. The highest BCUT2D eigenvalue weighted by Gasteiger charge is 2.13. The second-order valence-corrected chi connectivity index (χ2v) is 3.30. The summed E-state index contributed by atoms with van der Waals surface area (Å²) in [7, 11) is 0. The van der Waals surface area contributed by atoms with Crippen molar-refractivity contribution in [3.05, 3.63) is 17.5 Å². The Kier molecular flexibility index (Phi) is 2.29. The number of hydrogen-bond donors (Lipinski definition) is 1. The van der Waals surface area contributed by atoms with Gasteiger partial charge >= 0.3 is 0 Å². The average molecular weight is 179 g/mol. The lowest BCUT2D eigenvalue weighted by atomic mass is 10.1. The summed E-state index contributed by atoms with van der Waals surface area (Å²) in [5.41, 5.74) is 2.45. The first-order valence-corrected chi connectivity index (χ1v) is 4.62. The molecule has 2 heterocycles. The van der Waals surface area contributed by atoms with Crippen molar-refractivity contribution in [1.82, 2.24) is 15.1 Å². The van der Waals surface area contributed by atoms with E-state index in [0.717, 1.165) is 24.9 Å². The molecule has 4 nitrogen and oxygen atoms in total. The SMILES string of the molecule is O=CNCc1cnn2c1CCCC2. The van der Waals surface area contributed by atoms with Gasteiger partial charge in [-0.05, 0) is 19.3 Å². The van der Waals surface area contributed by atoms with Gasteiger partial charge in [0.2, 0.25) is 6.41 Å². The maximum Gasteiger partial charge on any atom is 0.207 e. The fourth-order valence-electron chi connectivity index (χ4n) is 1.78. The number of nitrogens with one attached hydrogen (secondary N) is 1. The third-order valence-corrected chi connectivity index (χ3v) is 2.44. The number of aryl methyl sites for hydroxylation is 1. The number of nitrogens with zero attached hydrogens (tertiary/aromatic N) is 2. The Morgan fingerprint density at radius 1 is 1.62 bits per heavy atom. The molecule has 0 fully saturated rings. The minimum absolute atomic E-state index is 0.610. The van der Waals surface area contributed by atoms with Crippen LogP contribution < -0.4 is 5.32 Å². The van der Waals surface area contributed by atoms with Crippen LogP contribution in [0.4, 0.5) is 0 Å². The second-order valence-electron chi connectivity index (χ2n) is 3.30. The number of carbonyl (C=O) groups excluding carboxylic acids is 1. The monoisotopic (exact) mass is 179 g/mol. The Morgan fingerprint density at radius 3 is 3.38 bits per heavy atom. The molecule has 0 saturated carbocycles. The predicted molar refractivity (Wildman–Crippen MR) is 48.1 cm³/mol. The van der Waals surface area contributed by atoms with Gasteiger partial charge in [0.1, 0.15) is 0 Å². The van der Waals surface area contributed by atoms with E-state index in [4.69, 9.17) is 0 Å². The Bertz CT molecular complexity index is 306. The molecule has 1 aliphatic rings. The summed E-state index contributed by atoms with van der Waals surface area (Å²) in [6.45, 7) is 1.63. The fourth-order valence-corrected chi connectivity index (χ4v) is 1.78. The first-order valence-electron chi connectivity index (χ1n) is 4.62. The van der Waals surface area contributed by atoms with Crippen molar-refractivity contribution < 1.29 is 4.79 Å². The Morgan fingerprint density at radius 2 is 2.54 bits per heavy atom. The maximum atomic E-state index is 10.1. The van der Waals surface area contributed by atoms with Gasteiger partial charge in [0.25, 0.3) is 0 Å². The molecule has 0 bridgehead atoms. The lowest BCUT2D eigenvalue weighted by Gasteiger charge is -2.14. The van der Waals surface area contributed by atoms with Gasteiger partial charge in [-0.3, -0.25) is 9.48 Å². The van der Waals surface area contributed by atoms with E-state index < -0.39 is 0 Å². The van der Waals surface area contributed by atoms with Gasteiger partial charge in [-0.25, -0.2) is 0 Å². The van der Waals surface area contributed by atoms with Gasteiger partial charge in [0.15, 0.2) is 0 Å². The first-order chi connectivity index (χ1) is 6.42. The standard InChI is InChI=1S/C9H13N3O/c13-7-10-5-8-6-11-12-4-2-1-3-9(8)12/h6-7H,1-5H2,(H,10,13). The first kappa shape index (κ1) is 8.29. The molecule has 4 heteroatoms. The Labute approximate surface area is 76.9 Å². The summed E-state index contributed by atoms with van der Waals surface area (Å²) >= 11 is 0. The molecule has 70 valence electrons. The number of aromatic nitrogens is 2. The van der Waals surface area contributed by atoms with Crippen LogP contribution in [-0.4, -0.2) is 16.2 Å².